The zero-order valence-electron chi connectivity index (χ0n) is 16.6. The molecule has 7 nitrogen and oxygen atoms in total. The molecule has 150 valence electrons. The molecule has 3 rings (SSSR count). The first kappa shape index (κ1) is 20.7. The van der Waals surface area contributed by atoms with E-state index >= 15 is 0 Å². The second-order valence-corrected chi connectivity index (χ2v) is 7.09. The van der Waals surface area contributed by atoms with E-state index in [1.54, 1.807) is 26.5 Å². The zero-order chi connectivity index (χ0) is 21.0. The SMILES string of the molecule is CCCOc1ccc(S)cc1-c1cn(C)c(=O)c2cnc(C(C=N)C=NC)nc12. The molecule has 0 saturated heterocycles. The van der Waals surface area contributed by atoms with Crippen molar-refractivity contribution in [2.45, 2.75) is 24.2 Å². The van der Waals surface area contributed by atoms with Crippen molar-refractivity contribution in [1.29, 1.82) is 5.41 Å². The summed E-state index contributed by atoms with van der Waals surface area (Å²) in [6.07, 6.45) is 6.95. The Labute approximate surface area is 174 Å². The highest BCUT2D eigenvalue weighted by Gasteiger charge is 2.18. The van der Waals surface area contributed by atoms with Gasteiger partial charge in [0.1, 0.15) is 11.6 Å². The Morgan fingerprint density at radius 2 is 2.17 bits per heavy atom. The van der Waals surface area contributed by atoms with Crippen molar-refractivity contribution in [3.63, 3.8) is 0 Å². The highest BCUT2D eigenvalue weighted by Crippen LogP contribution is 2.35. The minimum absolute atomic E-state index is 0.191. The van der Waals surface area contributed by atoms with Crippen LogP contribution in [-0.2, 0) is 7.05 Å². The zero-order valence-corrected chi connectivity index (χ0v) is 17.5. The number of hydrogen-bond acceptors (Lipinski definition) is 7. The van der Waals surface area contributed by atoms with E-state index in [1.165, 1.54) is 17.0 Å². The maximum absolute atomic E-state index is 12.7. The monoisotopic (exact) mass is 409 g/mol. The Bertz CT molecular complexity index is 1140. The lowest BCUT2D eigenvalue weighted by molar-refractivity contribution is 0.318. The summed E-state index contributed by atoms with van der Waals surface area (Å²) in [6.45, 7) is 2.62. The minimum Gasteiger partial charge on any atom is -0.493 e. The van der Waals surface area contributed by atoms with Gasteiger partial charge in [-0.25, -0.2) is 9.97 Å². The van der Waals surface area contributed by atoms with Crippen LogP contribution in [0.4, 0.5) is 0 Å². The number of benzene rings is 1. The summed E-state index contributed by atoms with van der Waals surface area (Å²) < 4.78 is 7.44. The average molecular weight is 410 g/mol. The highest BCUT2D eigenvalue weighted by molar-refractivity contribution is 7.80. The van der Waals surface area contributed by atoms with E-state index in [2.05, 4.69) is 27.6 Å². The van der Waals surface area contributed by atoms with Crippen molar-refractivity contribution in [3.05, 3.63) is 46.8 Å². The molecule has 0 spiro atoms. The van der Waals surface area contributed by atoms with Gasteiger partial charge in [-0.05, 0) is 24.6 Å². The van der Waals surface area contributed by atoms with Crippen LogP contribution in [0, 0.1) is 5.41 Å². The van der Waals surface area contributed by atoms with E-state index in [9.17, 15) is 4.79 Å². The summed E-state index contributed by atoms with van der Waals surface area (Å²) >= 11 is 4.47. The van der Waals surface area contributed by atoms with Gasteiger partial charge < -0.3 is 14.7 Å². The number of aliphatic imine (C=N–C) groups is 1. The molecule has 1 N–H and O–H groups in total. The van der Waals surface area contributed by atoms with Crippen LogP contribution in [0.25, 0.3) is 22.0 Å². The average Bonchev–Trinajstić information content (AvgIpc) is 2.73. The lowest BCUT2D eigenvalue weighted by atomic mass is 10.0. The fourth-order valence-corrected chi connectivity index (χ4v) is 3.23. The molecule has 29 heavy (non-hydrogen) atoms. The predicted molar refractivity (Wildman–Crippen MR) is 119 cm³/mol. The fraction of sp³-hybridized carbons (Fsp3) is 0.286. The number of aromatic nitrogens is 3. The Morgan fingerprint density at radius 1 is 1.38 bits per heavy atom. The second kappa shape index (κ2) is 9.00. The van der Waals surface area contributed by atoms with E-state index in [1.807, 2.05) is 25.1 Å². The molecular formula is C21H23N5O2S. The topological polar surface area (TPSA) is 93.2 Å². The summed E-state index contributed by atoms with van der Waals surface area (Å²) in [4.78, 5) is 26.4. The molecule has 0 aliphatic heterocycles. The lowest BCUT2D eigenvalue weighted by Crippen LogP contribution is -2.19. The molecule has 0 aliphatic rings. The molecule has 0 radical (unpaired) electrons. The van der Waals surface area contributed by atoms with Gasteiger partial charge in [0.15, 0.2) is 0 Å². The van der Waals surface area contributed by atoms with Gasteiger partial charge >= 0.3 is 0 Å². The minimum atomic E-state index is -0.465. The van der Waals surface area contributed by atoms with Crippen LogP contribution in [0.3, 0.4) is 0 Å². The second-order valence-electron chi connectivity index (χ2n) is 6.58. The summed E-state index contributed by atoms with van der Waals surface area (Å²) in [5.41, 5.74) is 1.86. The van der Waals surface area contributed by atoms with Crippen LogP contribution in [0.2, 0.25) is 0 Å². The smallest absolute Gasteiger partial charge is 0.261 e. The van der Waals surface area contributed by atoms with Crippen LogP contribution in [0.15, 0.2) is 45.3 Å². The molecule has 1 aromatic carbocycles. The van der Waals surface area contributed by atoms with Gasteiger partial charge in [0.25, 0.3) is 5.56 Å². The Kier molecular flexibility index (Phi) is 6.43. The maximum atomic E-state index is 12.7. The van der Waals surface area contributed by atoms with Crippen LogP contribution in [0.1, 0.15) is 25.1 Å². The third-order valence-electron chi connectivity index (χ3n) is 4.44. The highest BCUT2D eigenvalue weighted by atomic mass is 32.1. The van der Waals surface area contributed by atoms with Crippen LogP contribution in [0.5, 0.6) is 5.75 Å². The number of rotatable bonds is 7. The Balaban J connectivity index is 2.33. The number of nitrogens with zero attached hydrogens (tertiary/aromatic N) is 4. The molecule has 0 fully saturated rings. The number of nitrogens with one attached hydrogen (secondary N) is 1. The van der Waals surface area contributed by atoms with E-state index in [4.69, 9.17) is 10.1 Å². The number of pyridine rings is 1. The molecule has 0 bridgehead atoms. The largest absolute Gasteiger partial charge is 0.493 e. The molecule has 2 heterocycles. The maximum Gasteiger partial charge on any atom is 0.261 e. The molecule has 0 aliphatic carbocycles. The van der Waals surface area contributed by atoms with Gasteiger partial charge in [-0.3, -0.25) is 9.79 Å². The van der Waals surface area contributed by atoms with Crippen LogP contribution >= 0.6 is 12.6 Å². The van der Waals surface area contributed by atoms with E-state index in [0.29, 0.717) is 29.1 Å². The van der Waals surface area contributed by atoms with Crippen molar-refractivity contribution in [1.82, 2.24) is 14.5 Å². The molecular weight excluding hydrogens is 386 g/mol. The molecule has 3 aromatic rings. The number of aryl methyl sites for hydroxylation is 1. The molecule has 0 amide bonds. The third-order valence-corrected chi connectivity index (χ3v) is 4.72. The predicted octanol–water partition coefficient (Wildman–Crippen LogP) is 3.51. The fourth-order valence-electron chi connectivity index (χ4n) is 3.03. The number of hydrogen-bond donors (Lipinski definition) is 2. The first-order chi connectivity index (χ1) is 14.0. The van der Waals surface area contributed by atoms with Crippen molar-refractivity contribution in [2.24, 2.45) is 12.0 Å². The summed E-state index contributed by atoms with van der Waals surface area (Å²) in [5, 5.41) is 8.05. The third kappa shape index (κ3) is 4.22. The van der Waals surface area contributed by atoms with E-state index in [0.717, 1.165) is 22.4 Å². The van der Waals surface area contributed by atoms with Crippen molar-refractivity contribution in [3.8, 4) is 16.9 Å². The van der Waals surface area contributed by atoms with Crippen LogP contribution < -0.4 is 10.3 Å². The molecule has 2 aromatic heterocycles. The number of ether oxygens (including phenoxy) is 1. The Hall–Kier alpha value is -3.00. The normalized spacial score (nSPS) is 12.4. The molecule has 1 atom stereocenters. The van der Waals surface area contributed by atoms with Gasteiger partial charge in [-0.15, -0.1) is 12.6 Å². The quantitative estimate of drug-likeness (QED) is 0.461. The van der Waals surface area contributed by atoms with E-state index < -0.39 is 5.92 Å². The Morgan fingerprint density at radius 3 is 2.86 bits per heavy atom. The van der Waals surface area contributed by atoms with Gasteiger partial charge in [0.05, 0.1) is 23.4 Å². The van der Waals surface area contributed by atoms with E-state index in [-0.39, 0.29) is 5.56 Å². The number of fused-ring (bicyclic) bond motifs is 1. The van der Waals surface area contributed by atoms with Crippen molar-refractivity contribution in [2.75, 3.05) is 13.7 Å². The lowest BCUT2D eigenvalue weighted by Gasteiger charge is -2.15. The number of thiol groups is 1. The van der Waals surface area contributed by atoms with Crippen LogP contribution in [-0.4, -0.2) is 40.6 Å². The summed E-state index contributed by atoms with van der Waals surface area (Å²) in [6, 6.07) is 5.64. The molecule has 0 saturated carbocycles. The molecule has 8 heteroatoms. The van der Waals surface area contributed by atoms with Gasteiger partial charge in [0.2, 0.25) is 0 Å². The van der Waals surface area contributed by atoms with Gasteiger partial charge in [0, 0.05) is 54.9 Å². The molecule has 1 unspecified atom stereocenters. The summed E-state index contributed by atoms with van der Waals surface area (Å²) in [5.74, 6) is 0.641. The first-order valence-electron chi connectivity index (χ1n) is 9.25. The van der Waals surface area contributed by atoms with Crippen molar-refractivity contribution >= 4 is 36.0 Å². The first-order valence-corrected chi connectivity index (χ1v) is 9.70. The van der Waals surface area contributed by atoms with Gasteiger partial charge in [-0.1, -0.05) is 6.92 Å². The standard InChI is InChI=1S/C21H23N5O2S/c1-4-7-28-18-6-5-14(29)8-15(18)17-12-26(3)21(27)16-11-24-20(25-19(16)17)13(9-22)10-23-2/h5-6,8-13,22,29H,4,7H2,1-3H3. The van der Waals surface area contributed by atoms with Crippen molar-refractivity contribution < 1.29 is 4.74 Å². The summed E-state index contributed by atoms with van der Waals surface area (Å²) in [7, 11) is 3.33. The van der Waals surface area contributed by atoms with Gasteiger partial charge in [-0.2, -0.15) is 0 Å².